The Balaban J connectivity index is 1.76. The van der Waals surface area contributed by atoms with Crippen LogP contribution in [0.25, 0.3) is 11.5 Å². The highest BCUT2D eigenvalue weighted by molar-refractivity contribution is 5.79. The van der Waals surface area contributed by atoms with Gasteiger partial charge in [0, 0.05) is 29.8 Å². The zero-order valence-corrected chi connectivity index (χ0v) is 14.6. The Kier molecular flexibility index (Phi) is 5.17. The maximum absolute atomic E-state index is 12.4. The third-order valence-corrected chi connectivity index (χ3v) is 4.03. The SMILES string of the molecule is Cc1nc(-c2ccccn2)[nH]c(=O)c1CC(=O)N[C@@H](C)c1cccnc1. The summed E-state index contributed by atoms with van der Waals surface area (Å²) in [7, 11) is 0. The van der Waals surface area contributed by atoms with Gasteiger partial charge in [-0.2, -0.15) is 0 Å². The second-order valence-electron chi connectivity index (χ2n) is 5.95. The number of H-pyrrole nitrogens is 1. The summed E-state index contributed by atoms with van der Waals surface area (Å²) >= 11 is 0. The van der Waals surface area contributed by atoms with Crippen molar-refractivity contribution >= 4 is 5.91 Å². The fourth-order valence-corrected chi connectivity index (χ4v) is 2.61. The minimum atomic E-state index is -0.331. The van der Waals surface area contributed by atoms with Crippen LogP contribution in [0.5, 0.6) is 0 Å². The van der Waals surface area contributed by atoms with Crippen LogP contribution in [0.15, 0.2) is 53.7 Å². The largest absolute Gasteiger partial charge is 0.349 e. The van der Waals surface area contributed by atoms with E-state index in [9.17, 15) is 9.59 Å². The van der Waals surface area contributed by atoms with E-state index in [0.717, 1.165) is 5.56 Å². The molecule has 0 bridgehead atoms. The van der Waals surface area contributed by atoms with E-state index < -0.39 is 0 Å². The Bertz CT molecular complexity index is 955. The van der Waals surface area contributed by atoms with Crippen molar-refractivity contribution < 1.29 is 4.79 Å². The third kappa shape index (κ3) is 4.00. The Hall–Kier alpha value is -3.35. The molecular weight excluding hydrogens is 330 g/mol. The molecule has 26 heavy (non-hydrogen) atoms. The molecule has 3 aromatic rings. The number of rotatable bonds is 5. The van der Waals surface area contributed by atoms with Crippen LogP contribution >= 0.6 is 0 Å². The van der Waals surface area contributed by atoms with Crippen LogP contribution in [-0.2, 0) is 11.2 Å². The van der Waals surface area contributed by atoms with Crippen LogP contribution in [0.4, 0.5) is 0 Å². The van der Waals surface area contributed by atoms with Gasteiger partial charge in [-0.1, -0.05) is 12.1 Å². The van der Waals surface area contributed by atoms with Crippen LogP contribution in [0.1, 0.15) is 29.8 Å². The van der Waals surface area contributed by atoms with Gasteiger partial charge in [0.1, 0.15) is 5.69 Å². The van der Waals surface area contributed by atoms with Gasteiger partial charge in [-0.3, -0.25) is 19.6 Å². The van der Waals surface area contributed by atoms with Gasteiger partial charge < -0.3 is 10.3 Å². The third-order valence-electron chi connectivity index (χ3n) is 4.03. The van der Waals surface area contributed by atoms with E-state index in [0.29, 0.717) is 22.8 Å². The molecule has 0 saturated carbocycles. The molecule has 3 heterocycles. The topological polar surface area (TPSA) is 101 Å². The van der Waals surface area contributed by atoms with E-state index in [1.165, 1.54) is 0 Å². The van der Waals surface area contributed by atoms with Crippen LogP contribution in [0.3, 0.4) is 0 Å². The number of amides is 1. The lowest BCUT2D eigenvalue weighted by Gasteiger charge is -2.14. The van der Waals surface area contributed by atoms with Crippen LogP contribution < -0.4 is 10.9 Å². The van der Waals surface area contributed by atoms with Crippen molar-refractivity contribution in [1.82, 2.24) is 25.3 Å². The molecule has 2 N–H and O–H groups in total. The molecule has 7 heteroatoms. The number of carbonyl (C=O) groups excluding carboxylic acids is 1. The number of pyridine rings is 2. The molecule has 132 valence electrons. The summed E-state index contributed by atoms with van der Waals surface area (Å²) in [6.07, 6.45) is 4.97. The summed E-state index contributed by atoms with van der Waals surface area (Å²) in [5.74, 6) is 0.142. The van der Waals surface area contributed by atoms with Gasteiger partial charge in [-0.25, -0.2) is 4.98 Å². The maximum Gasteiger partial charge on any atom is 0.255 e. The first-order valence-electron chi connectivity index (χ1n) is 8.25. The number of aromatic nitrogens is 4. The van der Waals surface area contributed by atoms with Gasteiger partial charge in [-0.05, 0) is 37.6 Å². The first kappa shape index (κ1) is 17.5. The molecule has 7 nitrogen and oxygen atoms in total. The Labute approximate surface area is 150 Å². The highest BCUT2D eigenvalue weighted by Gasteiger charge is 2.16. The molecule has 0 aliphatic rings. The zero-order valence-electron chi connectivity index (χ0n) is 14.6. The predicted octanol–water partition coefficient (Wildman–Crippen LogP) is 1.96. The molecular formula is C19H19N5O2. The number of nitrogens with zero attached hydrogens (tertiary/aromatic N) is 3. The van der Waals surface area contributed by atoms with Gasteiger partial charge >= 0.3 is 0 Å². The molecule has 0 aromatic carbocycles. The Morgan fingerprint density at radius 1 is 1.23 bits per heavy atom. The lowest BCUT2D eigenvalue weighted by Crippen LogP contribution is -2.31. The molecule has 0 spiro atoms. The van der Waals surface area contributed by atoms with Crippen LogP contribution in [-0.4, -0.2) is 25.8 Å². The van der Waals surface area contributed by atoms with E-state index in [2.05, 4.69) is 25.3 Å². The molecule has 0 radical (unpaired) electrons. The number of aromatic amines is 1. The fraction of sp³-hybridized carbons (Fsp3) is 0.211. The van der Waals surface area contributed by atoms with Crippen molar-refractivity contribution in [1.29, 1.82) is 0 Å². The minimum absolute atomic E-state index is 0.0404. The van der Waals surface area contributed by atoms with Gasteiger partial charge in [0.25, 0.3) is 5.56 Å². The van der Waals surface area contributed by atoms with Gasteiger partial charge in [0.15, 0.2) is 5.82 Å². The lowest BCUT2D eigenvalue weighted by molar-refractivity contribution is -0.121. The molecule has 0 aliphatic heterocycles. The summed E-state index contributed by atoms with van der Waals surface area (Å²) in [4.78, 5) is 40.1. The van der Waals surface area contributed by atoms with Crippen molar-refractivity contribution in [3.05, 3.63) is 76.1 Å². The molecule has 0 aliphatic carbocycles. The molecule has 3 rings (SSSR count). The summed E-state index contributed by atoms with van der Waals surface area (Å²) in [5, 5.41) is 2.87. The number of nitrogens with one attached hydrogen (secondary N) is 2. The first-order valence-corrected chi connectivity index (χ1v) is 8.25. The normalized spacial score (nSPS) is 11.8. The average molecular weight is 349 g/mol. The standard InChI is InChI=1S/C19H19N5O2/c1-12(14-6-5-8-20-11-14)22-17(25)10-15-13(2)23-18(24-19(15)26)16-7-3-4-9-21-16/h3-9,11-12H,10H2,1-2H3,(H,22,25)(H,23,24,26)/t12-/m0/s1. The smallest absolute Gasteiger partial charge is 0.255 e. The molecule has 0 unspecified atom stereocenters. The summed E-state index contributed by atoms with van der Waals surface area (Å²) in [6, 6.07) is 8.87. The van der Waals surface area contributed by atoms with Crippen molar-refractivity contribution in [2.75, 3.05) is 0 Å². The average Bonchev–Trinajstić information content (AvgIpc) is 2.66. The van der Waals surface area contributed by atoms with Crippen LogP contribution in [0, 0.1) is 6.92 Å². The molecule has 0 fully saturated rings. The Morgan fingerprint density at radius 2 is 2.08 bits per heavy atom. The molecule has 1 amide bonds. The highest BCUT2D eigenvalue weighted by atomic mass is 16.2. The Morgan fingerprint density at radius 3 is 2.73 bits per heavy atom. The predicted molar refractivity (Wildman–Crippen MR) is 97.3 cm³/mol. The summed E-state index contributed by atoms with van der Waals surface area (Å²) in [5.41, 5.74) is 2.01. The number of carbonyl (C=O) groups is 1. The van der Waals surface area contributed by atoms with Gasteiger partial charge in [0.05, 0.1) is 12.5 Å². The van der Waals surface area contributed by atoms with E-state index >= 15 is 0 Å². The second-order valence-corrected chi connectivity index (χ2v) is 5.95. The quantitative estimate of drug-likeness (QED) is 0.733. The molecule has 3 aromatic heterocycles. The van der Waals surface area contributed by atoms with E-state index in [-0.39, 0.29) is 23.9 Å². The zero-order chi connectivity index (χ0) is 18.5. The molecule has 0 saturated heterocycles. The fourth-order valence-electron chi connectivity index (χ4n) is 2.61. The number of hydrogen-bond donors (Lipinski definition) is 2. The van der Waals surface area contributed by atoms with E-state index in [1.807, 2.05) is 25.1 Å². The van der Waals surface area contributed by atoms with E-state index in [4.69, 9.17) is 0 Å². The van der Waals surface area contributed by atoms with Gasteiger partial charge in [0.2, 0.25) is 5.91 Å². The van der Waals surface area contributed by atoms with Crippen molar-refractivity contribution in [3.8, 4) is 11.5 Å². The van der Waals surface area contributed by atoms with Gasteiger partial charge in [-0.15, -0.1) is 0 Å². The van der Waals surface area contributed by atoms with Crippen molar-refractivity contribution in [2.45, 2.75) is 26.3 Å². The van der Waals surface area contributed by atoms with E-state index in [1.54, 1.807) is 37.6 Å². The second kappa shape index (κ2) is 7.69. The number of aryl methyl sites for hydroxylation is 1. The molecule has 1 atom stereocenters. The maximum atomic E-state index is 12.4. The monoisotopic (exact) mass is 349 g/mol. The highest BCUT2D eigenvalue weighted by Crippen LogP contribution is 2.12. The van der Waals surface area contributed by atoms with Crippen LogP contribution in [0.2, 0.25) is 0 Å². The first-order chi connectivity index (χ1) is 12.5. The minimum Gasteiger partial charge on any atom is -0.349 e. The number of hydrogen-bond acceptors (Lipinski definition) is 5. The lowest BCUT2D eigenvalue weighted by atomic mass is 10.1. The summed E-state index contributed by atoms with van der Waals surface area (Å²) in [6.45, 7) is 3.59. The van der Waals surface area contributed by atoms with Crippen molar-refractivity contribution in [2.24, 2.45) is 0 Å². The van der Waals surface area contributed by atoms with Crippen molar-refractivity contribution in [3.63, 3.8) is 0 Å². The summed E-state index contributed by atoms with van der Waals surface area (Å²) < 4.78 is 0.